The van der Waals surface area contributed by atoms with Crippen LogP contribution in [0.5, 0.6) is 0 Å². The molecule has 1 aromatic carbocycles. The molecule has 0 N–H and O–H groups in total. The Bertz CT molecular complexity index is 1040. The number of fused-ring (bicyclic) bond motifs is 1. The summed E-state index contributed by atoms with van der Waals surface area (Å²) >= 11 is 0.722. The molecule has 0 radical (unpaired) electrons. The zero-order valence-electron chi connectivity index (χ0n) is 14.3. The Balaban J connectivity index is 1.58. The van der Waals surface area contributed by atoms with E-state index in [-0.39, 0.29) is 22.9 Å². The Morgan fingerprint density at radius 3 is 2.67 bits per heavy atom. The molecule has 2 saturated heterocycles. The van der Waals surface area contributed by atoms with Gasteiger partial charge in [-0.15, -0.1) is 0 Å². The third-order valence-electron chi connectivity index (χ3n) is 4.58. The van der Waals surface area contributed by atoms with Crippen molar-refractivity contribution in [3.05, 3.63) is 51.2 Å². The Labute approximate surface area is 158 Å². The minimum absolute atomic E-state index is 0.108. The van der Waals surface area contributed by atoms with Gasteiger partial charge < -0.3 is 9.32 Å². The molecule has 0 unspecified atom stereocenters. The highest BCUT2D eigenvalue weighted by Gasteiger charge is 2.37. The van der Waals surface area contributed by atoms with Crippen molar-refractivity contribution in [3.8, 4) is 0 Å². The normalized spacial score (nSPS) is 18.9. The van der Waals surface area contributed by atoms with Gasteiger partial charge in [-0.05, 0) is 42.8 Å². The highest BCUT2D eigenvalue weighted by atomic mass is 32.2. The number of nitrogens with zero attached hydrogens (tertiary/aromatic N) is 2. The van der Waals surface area contributed by atoms with Crippen LogP contribution in [0.2, 0.25) is 0 Å². The fourth-order valence-corrected chi connectivity index (χ4v) is 3.99. The molecular formula is C19H16N2O5S. The molecule has 2 aliphatic heterocycles. The van der Waals surface area contributed by atoms with Gasteiger partial charge in [-0.3, -0.25) is 19.3 Å². The van der Waals surface area contributed by atoms with Gasteiger partial charge in [0.15, 0.2) is 0 Å². The molecule has 2 aliphatic rings. The van der Waals surface area contributed by atoms with E-state index in [0.29, 0.717) is 24.1 Å². The van der Waals surface area contributed by atoms with E-state index in [4.69, 9.17) is 4.42 Å². The molecule has 7 nitrogen and oxygen atoms in total. The Morgan fingerprint density at radius 1 is 1.15 bits per heavy atom. The molecule has 8 heteroatoms. The highest BCUT2D eigenvalue weighted by molar-refractivity contribution is 8.18. The first-order valence-electron chi connectivity index (χ1n) is 8.59. The van der Waals surface area contributed by atoms with Crippen LogP contribution in [0, 0.1) is 0 Å². The summed E-state index contributed by atoms with van der Waals surface area (Å²) in [6, 6.07) is 8.65. The number of benzene rings is 1. The second-order valence-electron chi connectivity index (χ2n) is 6.38. The molecule has 1 aromatic heterocycles. The van der Waals surface area contributed by atoms with Crippen LogP contribution < -0.4 is 5.63 Å². The summed E-state index contributed by atoms with van der Waals surface area (Å²) in [6.45, 7) is 1.04. The Morgan fingerprint density at radius 2 is 1.89 bits per heavy atom. The number of hydrogen-bond acceptors (Lipinski definition) is 6. The second-order valence-corrected chi connectivity index (χ2v) is 7.38. The summed E-state index contributed by atoms with van der Waals surface area (Å²) in [5.74, 6) is -0.800. The zero-order chi connectivity index (χ0) is 19.0. The van der Waals surface area contributed by atoms with Gasteiger partial charge >= 0.3 is 5.63 Å². The lowest BCUT2D eigenvalue weighted by atomic mass is 10.2. The number of para-hydroxylation sites is 1. The molecule has 0 aliphatic carbocycles. The van der Waals surface area contributed by atoms with Crippen LogP contribution in [0.4, 0.5) is 4.79 Å². The average Bonchev–Trinajstić information content (AvgIpc) is 3.27. The lowest BCUT2D eigenvalue weighted by Gasteiger charge is -2.18. The van der Waals surface area contributed by atoms with E-state index in [2.05, 4.69) is 0 Å². The van der Waals surface area contributed by atoms with E-state index >= 15 is 0 Å². The zero-order valence-corrected chi connectivity index (χ0v) is 15.2. The summed E-state index contributed by atoms with van der Waals surface area (Å²) in [5, 5.41) is 0.204. The maximum atomic E-state index is 12.6. The molecule has 0 bridgehead atoms. The van der Waals surface area contributed by atoms with Crippen molar-refractivity contribution >= 4 is 45.9 Å². The molecule has 27 heavy (non-hydrogen) atoms. The van der Waals surface area contributed by atoms with Crippen molar-refractivity contribution in [2.75, 3.05) is 19.6 Å². The molecule has 4 rings (SSSR count). The predicted molar refractivity (Wildman–Crippen MR) is 101 cm³/mol. The third kappa shape index (κ3) is 3.40. The smallest absolute Gasteiger partial charge is 0.343 e. The Kier molecular flexibility index (Phi) is 4.57. The molecule has 138 valence electrons. The highest BCUT2D eigenvalue weighted by Crippen LogP contribution is 2.32. The first kappa shape index (κ1) is 17.5. The largest absolute Gasteiger partial charge is 0.422 e. The van der Waals surface area contributed by atoms with Gasteiger partial charge in [-0.25, -0.2) is 4.79 Å². The molecule has 2 fully saturated rings. The maximum Gasteiger partial charge on any atom is 0.343 e. The van der Waals surface area contributed by atoms with Crippen molar-refractivity contribution in [2.45, 2.75) is 12.8 Å². The minimum Gasteiger partial charge on any atom is -0.422 e. The molecule has 0 spiro atoms. The summed E-state index contributed by atoms with van der Waals surface area (Å²) in [5.41, 5.74) is 0.0441. The fourth-order valence-electron chi connectivity index (χ4n) is 3.16. The second kappa shape index (κ2) is 7.03. The topological polar surface area (TPSA) is 87.9 Å². The van der Waals surface area contributed by atoms with Crippen LogP contribution in [0.25, 0.3) is 17.0 Å². The van der Waals surface area contributed by atoms with Crippen LogP contribution in [-0.4, -0.2) is 46.5 Å². The SMILES string of the molecule is O=C(CN1C(=O)SC(=Cc2cc3ccccc3oc2=O)C1=O)N1CCCC1. The monoisotopic (exact) mass is 384 g/mol. The summed E-state index contributed by atoms with van der Waals surface area (Å²) in [4.78, 5) is 51.8. The van der Waals surface area contributed by atoms with Crippen molar-refractivity contribution < 1.29 is 18.8 Å². The van der Waals surface area contributed by atoms with Gasteiger partial charge in [-0.1, -0.05) is 18.2 Å². The number of thioether (sulfide) groups is 1. The molecule has 2 aromatic rings. The van der Waals surface area contributed by atoms with Crippen LogP contribution in [0.3, 0.4) is 0 Å². The summed E-state index contributed by atoms with van der Waals surface area (Å²) < 4.78 is 5.24. The lowest BCUT2D eigenvalue weighted by molar-refractivity contribution is -0.135. The number of likely N-dealkylation sites (tertiary alicyclic amines) is 1. The van der Waals surface area contributed by atoms with Crippen LogP contribution in [0.15, 0.2) is 44.4 Å². The van der Waals surface area contributed by atoms with Gasteiger partial charge in [0.1, 0.15) is 12.1 Å². The van der Waals surface area contributed by atoms with Gasteiger partial charge in [0.2, 0.25) is 5.91 Å². The molecule has 3 amide bonds. The number of rotatable bonds is 3. The Hall–Kier alpha value is -2.87. The number of imide groups is 1. The molecule has 0 atom stereocenters. The van der Waals surface area contributed by atoms with E-state index in [1.165, 1.54) is 6.08 Å². The van der Waals surface area contributed by atoms with E-state index < -0.39 is 16.8 Å². The lowest BCUT2D eigenvalue weighted by Crippen LogP contribution is -2.40. The van der Waals surface area contributed by atoms with Gasteiger partial charge in [0.25, 0.3) is 11.1 Å². The van der Waals surface area contributed by atoms with Crippen molar-refractivity contribution in [1.82, 2.24) is 9.80 Å². The van der Waals surface area contributed by atoms with Crippen molar-refractivity contribution in [1.29, 1.82) is 0 Å². The van der Waals surface area contributed by atoms with Crippen molar-refractivity contribution in [2.24, 2.45) is 0 Å². The molecular weight excluding hydrogens is 368 g/mol. The average molecular weight is 384 g/mol. The van der Waals surface area contributed by atoms with Gasteiger partial charge in [-0.2, -0.15) is 0 Å². The number of hydrogen-bond donors (Lipinski definition) is 0. The van der Waals surface area contributed by atoms with Gasteiger partial charge in [0, 0.05) is 18.5 Å². The number of carbonyl (C=O) groups is 3. The maximum absolute atomic E-state index is 12.6. The van der Waals surface area contributed by atoms with Crippen LogP contribution >= 0.6 is 11.8 Å². The number of amides is 3. The quantitative estimate of drug-likeness (QED) is 0.597. The molecule has 3 heterocycles. The van der Waals surface area contributed by atoms with E-state index in [1.54, 1.807) is 29.2 Å². The van der Waals surface area contributed by atoms with E-state index in [0.717, 1.165) is 29.5 Å². The first-order valence-corrected chi connectivity index (χ1v) is 9.40. The fraction of sp³-hybridized carbons (Fsp3) is 0.263. The minimum atomic E-state index is -0.589. The van der Waals surface area contributed by atoms with Crippen LogP contribution in [0.1, 0.15) is 18.4 Å². The standard InChI is InChI=1S/C19H16N2O5S/c22-16(20-7-3-4-8-20)11-21-17(23)15(27-19(21)25)10-13-9-12-5-1-2-6-14(12)26-18(13)24/h1-2,5-6,9-10H,3-4,7-8,11H2. The molecule has 0 saturated carbocycles. The predicted octanol–water partition coefficient (Wildman–Crippen LogP) is 2.45. The third-order valence-corrected chi connectivity index (χ3v) is 5.49. The van der Waals surface area contributed by atoms with Gasteiger partial charge in [0.05, 0.1) is 10.5 Å². The summed E-state index contributed by atoms with van der Waals surface area (Å²) in [6.07, 6.45) is 3.22. The first-order chi connectivity index (χ1) is 13.0. The van der Waals surface area contributed by atoms with E-state index in [9.17, 15) is 19.2 Å². The summed E-state index contributed by atoms with van der Waals surface area (Å²) in [7, 11) is 0. The van der Waals surface area contributed by atoms with Crippen molar-refractivity contribution in [3.63, 3.8) is 0 Å². The van der Waals surface area contributed by atoms with E-state index in [1.807, 2.05) is 6.07 Å². The van der Waals surface area contributed by atoms with Crippen LogP contribution in [-0.2, 0) is 9.59 Å². The number of carbonyl (C=O) groups excluding carboxylic acids is 3.